The van der Waals surface area contributed by atoms with Crippen molar-refractivity contribution in [1.29, 1.82) is 5.26 Å². The summed E-state index contributed by atoms with van der Waals surface area (Å²) in [7, 11) is 0. The van der Waals surface area contributed by atoms with Gasteiger partial charge in [-0.05, 0) is 18.9 Å². The number of nitriles is 1. The van der Waals surface area contributed by atoms with Crippen molar-refractivity contribution in [3.8, 4) is 6.07 Å². The van der Waals surface area contributed by atoms with Gasteiger partial charge in [-0.25, -0.2) is 0 Å². The molecule has 4 heteroatoms. The summed E-state index contributed by atoms with van der Waals surface area (Å²) < 4.78 is 1.38. The molecule has 0 aliphatic heterocycles. The zero-order chi connectivity index (χ0) is 10.7. The first-order chi connectivity index (χ1) is 6.60. The third-order valence-electron chi connectivity index (χ3n) is 2.20. The molecule has 1 aromatic heterocycles. The lowest BCUT2D eigenvalue weighted by atomic mass is 10.2. The van der Waals surface area contributed by atoms with Crippen LogP contribution in [0, 0.1) is 18.3 Å². The summed E-state index contributed by atoms with van der Waals surface area (Å²) in [6, 6.07) is 3.09. The van der Waals surface area contributed by atoms with E-state index < -0.39 is 6.04 Å². The summed E-state index contributed by atoms with van der Waals surface area (Å²) in [6.07, 6.45) is 2.13. The zero-order valence-electron chi connectivity index (χ0n) is 8.32. The van der Waals surface area contributed by atoms with Gasteiger partial charge in [0.15, 0.2) is 0 Å². The maximum absolute atomic E-state index is 11.5. The van der Waals surface area contributed by atoms with E-state index in [0.29, 0.717) is 12.1 Å². The lowest BCUT2D eigenvalue weighted by molar-refractivity contribution is 0.577. The monoisotopic (exact) mass is 191 g/mol. The van der Waals surface area contributed by atoms with Crippen LogP contribution in [0.2, 0.25) is 0 Å². The number of anilines is 1. The number of hydrogen-bond donors (Lipinski definition) is 1. The molecule has 1 heterocycles. The predicted octanol–water partition coefficient (Wildman–Crippen LogP) is 1.21. The Morgan fingerprint density at radius 2 is 2.36 bits per heavy atom. The number of aryl methyl sites for hydroxylation is 1. The highest BCUT2D eigenvalue weighted by molar-refractivity contribution is 5.43. The van der Waals surface area contributed by atoms with Gasteiger partial charge in [-0.2, -0.15) is 5.26 Å². The van der Waals surface area contributed by atoms with Crippen LogP contribution in [0.25, 0.3) is 0 Å². The van der Waals surface area contributed by atoms with Crippen LogP contribution in [-0.2, 0) is 0 Å². The molecule has 1 atom stereocenters. The highest BCUT2D eigenvalue weighted by atomic mass is 16.1. The fourth-order valence-electron chi connectivity index (χ4n) is 1.25. The standard InChI is InChI=1S/C10H13N3O/c1-3-8(5-11)13-6-9(12)7(2)4-10(13)14/h4,6,8H,3,12H2,1-2H3. The quantitative estimate of drug-likeness (QED) is 0.763. The van der Waals surface area contributed by atoms with Gasteiger partial charge in [-0.3, -0.25) is 9.36 Å². The smallest absolute Gasteiger partial charge is 0.252 e. The molecule has 4 nitrogen and oxygen atoms in total. The van der Waals surface area contributed by atoms with Gasteiger partial charge in [-0.1, -0.05) is 6.92 Å². The summed E-state index contributed by atoms with van der Waals surface area (Å²) >= 11 is 0. The molecular weight excluding hydrogens is 178 g/mol. The first kappa shape index (κ1) is 10.3. The van der Waals surface area contributed by atoms with E-state index in [1.54, 1.807) is 6.92 Å². The first-order valence-electron chi connectivity index (χ1n) is 4.48. The summed E-state index contributed by atoms with van der Waals surface area (Å²) in [5.74, 6) is 0. The van der Waals surface area contributed by atoms with E-state index in [-0.39, 0.29) is 5.56 Å². The van der Waals surface area contributed by atoms with Crippen molar-refractivity contribution in [3.63, 3.8) is 0 Å². The zero-order valence-corrected chi connectivity index (χ0v) is 8.32. The molecule has 0 amide bonds. The normalized spacial score (nSPS) is 12.1. The maximum atomic E-state index is 11.5. The molecule has 0 aliphatic carbocycles. The summed E-state index contributed by atoms with van der Waals surface area (Å²) in [5, 5.41) is 8.81. The van der Waals surface area contributed by atoms with Crippen LogP contribution in [-0.4, -0.2) is 4.57 Å². The third-order valence-corrected chi connectivity index (χ3v) is 2.20. The van der Waals surface area contributed by atoms with Gasteiger partial charge in [0.25, 0.3) is 5.56 Å². The average molecular weight is 191 g/mol. The van der Waals surface area contributed by atoms with Crippen molar-refractivity contribution >= 4 is 5.69 Å². The van der Waals surface area contributed by atoms with E-state index in [1.165, 1.54) is 16.8 Å². The number of nitrogen functional groups attached to an aromatic ring is 1. The molecule has 74 valence electrons. The summed E-state index contributed by atoms with van der Waals surface area (Å²) in [6.45, 7) is 3.63. The summed E-state index contributed by atoms with van der Waals surface area (Å²) in [4.78, 5) is 11.5. The number of nitrogens with two attached hydrogens (primary N) is 1. The Bertz CT molecular complexity index is 428. The number of nitrogens with zero attached hydrogens (tertiary/aromatic N) is 2. The molecule has 0 bridgehead atoms. The molecule has 0 fully saturated rings. The van der Waals surface area contributed by atoms with Crippen LogP contribution in [0.1, 0.15) is 24.9 Å². The molecule has 2 N–H and O–H groups in total. The lowest BCUT2D eigenvalue weighted by Crippen LogP contribution is -2.23. The highest BCUT2D eigenvalue weighted by Gasteiger charge is 2.09. The topological polar surface area (TPSA) is 71.8 Å². The van der Waals surface area contributed by atoms with Gasteiger partial charge < -0.3 is 5.73 Å². The van der Waals surface area contributed by atoms with E-state index in [2.05, 4.69) is 6.07 Å². The molecule has 1 aromatic rings. The van der Waals surface area contributed by atoms with E-state index in [4.69, 9.17) is 11.0 Å². The number of pyridine rings is 1. The van der Waals surface area contributed by atoms with E-state index >= 15 is 0 Å². The minimum Gasteiger partial charge on any atom is -0.397 e. The van der Waals surface area contributed by atoms with Crippen molar-refractivity contribution in [3.05, 3.63) is 28.2 Å². The largest absolute Gasteiger partial charge is 0.397 e. The third kappa shape index (κ3) is 1.77. The van der Waals surface area contributed by atoms with Crippen molar-refractivity contribution in [2.75, 3.05) is 5.73 Å². The van der Waals surface area contributed by atoms with Crippen molar-refractivity contribution < 1.29 is 0 Å². The Labute approximate surface area is 82.6 Å². The molecule has 0 saturated carbocycles. The molecule has 14 heavy (non-hydrogen) atoms. The number of aromatic nitrogens is 1. The van der Waals surface area contributed by atoms with Gasteiger partial charge in [-0.15, -0.1) is 0 Å². The Morgan fingerprint density at radius 3 is 2.86 bits per heavy atom. The molecule has 1 unspecified atom stereocenters. The highest BCUT2D eigenvalue weighted by Crippen LogP contribution is 2.11. The first-order valence-corrected chi connectivity index (χ1v) is 4.48. The van der Waals surface area contributed by atoms with Crippen molar-refractivity contribution in [2.24, 2.45) is 0 Å². The maximum Gasteiger partial charge on any atom is 0.252 e. The minimum atomic E-state index is -0.426. The second-order valence-electron chi connectivity index (χ2n) is 3.21. The van der Waals surface area contributed by atoms with Crippen LogP contribution in [0.3, 0.4) is 0 Å². The minimum absolute atomic E-state index is 0.176. The predicted molar refractivity (Wildman–Crippen MR) is 54.8 cm³/mol. The van der Waals surface area contributed by atoms with Crippen LogP contribution in [0.5, 0.6) is 0 Å². The molecule has 0 spiro atoms. The molecule has 0 saturated heterocycles. The van der Waals surface area contributed by atoms with Gasteiger partial charge in [0.1, 0.15) is 6.04 Å². The van der Waals surface area contributed by atoms with Crippen LogP contribution in [0.4, 0.5) is 5.69 Å². The molecular formula is C10H13N3O. The molecule has 1 rings (SSSR count). The van der Waals surface area contributed by atoms with E-state index in [1.807, 2.05) is 6.92 Å². The second-order valence-corrected chi connectivity index (χ2v) is 3.21. The Kier molecular flexibility index (Phi) is 2.92. The van der Waals surface area contributed by atoms with Gasteiger partial charge >= 0.3 is 0 Å². The van der Waals surface area contributed by atoms with E-state index in [0.717, 1.165) is 5.56 Å². The number of hydrogen-bond acceptors (Lipinski definition) is 3. The fourth-order valence-corrected chi connectivity index (χ4v) is 1.25. The molecule has 0 radical (unpaired) electrons. The summed E-state index contributed by atoms with van der Waals surface area (Å²) in [5.41, 5.74) is 6.78. The lowest BCUT2D eigenvalue weighted by Gasteiger charge is -2.11. The Balaban J connectivity index is 3.30. The van der Waals surface area contributed by atoms with Crippen molar-refractivity contribution in [2.45, 2.75) is 26.3 Å². The molecule has 0 aromatic carbocycles. The molecule has 0 aliphatic rings. The Morgan fingerprint density at radius 1 is 1.71 bits per heavy atom. The van der Waals surface area contributed by atoms with Crippen LogP contribution >= 0.6 is 0 Å². The van der Waals surface area contributed by atoms with Crippen molar-refractivity contribution in [1.82, 2.24) is 4.57 Å². The van der Waals surface area contributed by atoms with Crippen LogP contribution < -0.4 is 11.3 Å². The van der Waals surface area contributed by atoms with Crippen LogP contribution in [0.15, 0.2) is 17.1 Å². The van der Waals surface area contributed by atoms with Gasteiger partial charge in [0.05, 0.1) is 11.8 Å². The van der Waals surface area contributed by atoms with Gasteiger partial charge in [0, 0.05) is 12.3 Å². The average Bonchev–Trinajstić information content (AvgIpc) is 2.15. The Hall–Kier alpha value is -1.76. The van der Waals surface area contributed by atoms with E-state index in [9.17, 15) is 4.79 Å². The second kappa shape index (κ2) is 3.97. The SMILES string of the molecule is CCC(C#N)n1cc(N)c(C)cc1=O. The fraction of sp³-hybridized carbons (Fsp3) is 0.400. The number of rotatable bonds is 2. The van der Waals surface area contributed by atoms with Gasteiger partial charge in [0.2, 0.25) is 0 Å².